The Morgan fingerprint density at radius 1 is 1.50 bits per heavy atom. The summed E-state index contributed by atoms with van der Waals surface area (Å²) < 4.78 is 13.3. The van der Waals surface area contributed by atoms with E-state index < -0.39 is 5.82 Å². The maximum atomic E-state index is 13.3. The number of hydrogen-bond donors (Lipinski definition) is 1. The summed E-state index contributed by atoms with van der Waals surface area (Å²) in [5.41, 5.74) is 0.461. The molecule has 1 unspecified atom stereocenters. The number of halogens is 2. The van der Waals surface area contributed by atoms with E-state index in [9.17, 15) is 9.18 Å². The van der Waals surface area contributed by atoms with Crippen molar-refractivity contribution in [2.24, 2.45) is 0 Å². The topological polar surface area (TPSA) is 29.1 Å². The fraction of sp³-hybridized carbons (Fsp3) is 0.417. The molecule has 2 rings (SSSR count). The molecule has 1 aliphatic heterocycles. The Balaban J connectivity index is 2.32. The third kappa shape index (κ3) is 2.05. The zero-order valence-corrected chi connectivity index (χ0v) is 9.94. The summed E-state index contributed by atoms with van der Waals surface area (Å²) in [5, 5.41) is 2.97. The minimum Gasteiger partial charge on any atom is -0.351 e. The molecule has 0 spiro atoms. The summed E-state index contributed by atoms with van der Waals surface area (Å²) in [5.74, 6) is -0.801. The minimum absolute atomic E-state index is 0.0493. The SMILES string of the molecule is CC1(C)CC(c2ccc(Cl)c(F)c2)C(=O)N1. The van der Waals surface area contributed by atoms with Crippen molar-refractivity contribution in [3.8, 4) is 0 Å². The molecule has 1 saturated heterocycles. The highest BCUT2D eigenvalue weighted by Gasteiger charge is 2.38. The van der Waals surface area contributed by atoms with Crippen molar-refractivity contribution in [3.05, 3.63) is 34.6 Å². The lowest BCUT2D eigenvalue weighted by molar-refractivity contribution is -0.120. The molecule has 1 aromatic rings. The lowest BCUT2D eigenvalue weighted by Gasteiger charge is -2.16. The highest BCUT2D eigenvalue weighted by atomic mass is 35.5. The fourth-order valence-electron chi connectivity index (χ4n) is 2.07. The van der Waals surface area contributed by atoms with Crippen LogP contribution >= 0.6 is 11.6 Å². The summed E-state index contributed by atoms with van der Waals surface area (Å²) in [6.07, 6.45) is 0.674. The monoisotopic (exact) mass is 241 g/mol. The molecule has 1 atom stereocenters. The van der Waals surface area contributed by atoms with Gasteiger partial charge in [0.25, 0.3) is 0 Å². The van der Waals surface area contributed by atoms with Crippen LogP contribution in [0, 0.1) is 5.82 Å². The fourth-order valence-corrected chi connectivity index (χ4v) is 2.19. The summed E-state index contributed by atoms with van der Waals surface area (Å²) in [4.78, 5) is 11.7. The Bertz CT molecular complexity index is 445. The van der Waals surface area contributed by atoms with Gasteiger partial charge in [-0.25, -0.2) is 4.39 Å². The molecule has 0 bridgehead atoms. The Labute approximate surface area is 98.8 Å². The van der Waals surface area contributed by atoms with E-state index in [1.54, 1.807) is 6.07 Å². The average molecular weight is 242 g/mol. The first-order chi connectivity index (χ1) is 7.39. The first-order valence-electron chi connectivity index (χ1n) is 5.16. The van der Waals surface area contributed by atoms with Gasteiger partial charge in [-0.2, -0.15) is 0 Å². The first kappa shape index (κ1) is 11.4. The normalized spacial score (nSPS) is 23.2. The first-order valence-corrected chi connectivity index (χ1v) is 5.54. The van der Waals surface area contributed by atoms with E-state index >= 15 is 0 Å². The maximum absolute atomic E-state index is 13.3. The third-order valence-corrected chi connectivity index (χ3v) is 3.15. The van der Waals surface area contributed by atoms with Crippen LogP contribution in [0.3, 0.4) is 0 Å². The molecule has 86 valence electrons. The number of hydrogen-bond acceptors (Lipinski definition) is 1. The van der Waals surface area contributed by atoms with Crippen molar-refractivity contribution >= 4 is 17.5 Å². The van der Waals surface area contributed by atoms with Gasteiger partial charge in [0.1, 0.15) is 5.82 Å². The van der Waals surface area contributed by atoms with Gasteiger partial charge < -0.3 is 5.32 Å². The summed E-state index contributed by atoms with van der Waals surface area (Å²) in [7, 11) is 0. The molecular formula is C12H13ClFNO. The van der Waals surface area contributed by atoms with Crippen LogP contribution in [0.4, 0.5) is 4.39 Å². The minimum atomic E-state index is -0.475. The van der Waals surface area contributed by atoms with Crippen LogP contribution in [0.25, 0.3) is 0 Å². The van der Waals surface area contributed by atoms with Crippen LogP contribution in [0.1, 0.15) is 31.7 Å². The van der Waals surface area contributed by atoms with E-state index in [0.29, 0.717) is 12.0 Å². The highest BCUT2D eigenvalue weighted by Crippen LogP contribution is 2.33. The number of nitrogens with one attached hydrogen (secondary N) is 1. The van der Waals surface area contributed by atoms with Gasteiger partial charge in [0.05, 0.1) is 10.9 Å². The predicted molar refractivity (Wildman–Crippen MR) is 61.0 cm³/mol. The van der Waals surface area contributed by atoms with Crippen LogP contribution in [-0.2, 0) is 4.79 Å². The van der Waals surface area contributed by atoms with Crippen LogP contribution in [-0.4, -0.2) is 11.4 Å². The summed E-state index contributed by atoms with van der Waals surface area (Å²) in [6.45, 7) is 3.91. The van der Waals surface area contributed by atoms with Crippen molar-refractivity contribution in [3.63, 3.8) is 0 Å². The summed E-state index contributed by atoms with van der Waals surface area (Å²) in [6, 6.07) is 4.54. The van der Waals surface area contributed by atoms with E-state index in [-0.39, 0.29) is 22.4 Å². The molecule has 1 aliphatic rings. The second-order valence-electron chi connectivity index (χ2n) is 4.80. The number of benzene rings is 1. The summed E-state index contributed by atoms with van der Waals surface area (Å²) >= 11 is 5.60. The number of carbonyl (C=O) groups is 1. The molecule has 0 aromatic heterocycles. The second kappa shape index (κ2) is 3.74. The Morgan fingerprint density at radius 2 is 2.19 bits per heavy atom. The number of carbonyl (C=O) groups excluding carboxylic acids is 1. The van der Waals surface area contributed by atoms with Gasteiger partial charge >= 0.3 is 0 Å². The van der Waals surface area contributed by atoms with Crippen molar-refractivity contribution in [2.75, 3.05) is 0 Å². The Morgan fingerprint density at radius 3 is 2.69 bits per heavy atom. The maximum Gasteiger partial charge on any atom is 0.228 e. The van der Waals surface area contributed by atoms with Crippen molar-refractivity contribution in [2.45, 2.75) is 31.7 Å². The molecule has 1 fully saturated rings. The molecule has 1 aromatic carbocycles. The van der Waals surface area contributed by atoms with Gasteiger partial charge in [0, 0.05) is 5.54 Å². The lowest BCUT2D eigenvalue weighted by atomic mass is 9.91. The largest absolute Gasteiger partial charge is 0.351 e. The average Bonchev–Trinajstić information content (AvgIpc) is 2.45. The van der Waals surface area contributed by atoms with Crippen LogP contribution < -0.4 is 5.32 Å². The van der Waals surface area contributed by atoms with Crippen molar-refractivity contribution in [1.29, 1.82) is 0 Å². The Hall–Kier alpha value is -1.09. The molecule has 4 heteroatoms. The molecule has 1 N–H and O–H groups in total. The molecule has 0 aliphatic carbocycles. The molecule has 1 heterocycles. The Kier molecular flexibility index (Phi) is 2.66. The van der Waals surface area contributed by atoms with Crippen molar-refractivity contribution in [1.82, 2.24) is 5.32 Å². The van der Waals surface area contributed by atoms with E-state index in [0.717, 1.165) is 0 Å². The molecule has 0 saturated carbocycles. The predicted octanol–water partition coefficient (Wildman–Crippen LogP) is 2.86. The molecule has 2 nitrogen and oxygen atoms in total. The van der Waals surface area contributed by atoms with E-state index in [1.807, 2.05) is 13.8 Å². The number of amides is 1. The van der Waals surface area contributed by atoms with Gasteiger partial charge in [0.2, 0.25) is 5.91 Å². The van der Waals surface area contributed by atoms with Gasteiger partial charge in [-0.3, -0.25) is 4.79 Å². The van der Waals surface area contributed by atoms with E-state index in [2.05, 4.69) is 5.32 Å². The highest BCUT2D eigenvalue weighted by molar-refractivity contribution is 6.30. The third-order valence-electron chi connectivity index (χ3n) is 2.84. The van der Waals surface area contributed by atoms with Gasteiger partial charge in [-0.05, 0) is 38.0 Å². The number of rotatable bonds is 1. The van der Waals surface area contributed by atoms with Gasteiger partial charge in [-0.1, -0.05) is 17.7 Å². The molecule has 16 heavy (non-hydrogen) atoms. The van der Waals surface area contributed by atoms with Gasteiger partial charge in [-0.15, -0.1) is 0 Å². The van der Waals surface area contributed by atoms with Crippen LogP contribution in [0.15, 0.2) is 18.2 Å². The standard InChI is InChI=1S/C12H13ClFNO/c1-12(2)6-8(11(16)15-12)7-3-4-9(13)10(14)5-7/h3-5,8H,6H2,1-2H3,(H,15,16). The molecule has 0 radical (unpaired) electrons. The smallest absolute Gasteiger partial charge is 0.228 e. The molecule has 1 amide bonds. The second-order valence-corrected chi connectivity index (χ2v) is 5.21. The van der Waals surface area contributed by atoms with Crippen LogP contribution in [0.5, 0.6) is 0 Å². The van der Waals surface area contributed by atoms with Gasteiger partial charge in [0.15, 0.2) is 0 Å². The lowest BCUT2D eigenvalue weighted by Crippen LogP contribution is -2.34. The zero-order chi connectivity index (χ0) is 11.9. The molecular weight excluding hydrogens is 229 g/mol. The van der Waals surface area contributed by atoms with E-state index in [4.69, 9.17) is 11.6 Å². The van der Waals surface area contributed by atoms with Crippen LogP contribution in [0.2, 0.25) is 5.02 Å². The quantitative estimate of drug-likeness (QED) is 0.805. The van der Waals surface area contributed by atoms with E-state index in [1.165, 1.54) is 12.1 Å². The zero-order valence-electron chi connectivity index (χ0n) is 9.18. The van der Waals surface area contributed by atoms with Crippen molar-refractivity contribution < 1.29 is 9.18 Å².